The fourth-order valence-corrected chi connectivity index (χ4v) is 4.57. The normalized spacial score (nSPS) is 23.1. The van der Waals surface area contributed by atoms with Crippen LogP contribution < -0.4 is 5.32 Å². The van der Waals surface area contributed by atoms with Crippen LogP contribution >= 0.6 is 11.3 Å². The van der Waals surface area contributed by atoms with Crippen LogP contribution in [-0.2, 0) is 20.7 Å². The molecule has 1 aromatic rings. The summed E-state index contributed by atoms with van der Waals surface area (Å²) in [5.41, 5.74) is 0.666. The van der Waals surface area contributed by atoms with Crippen molar-refractivity contribution >= 4 is 34.1 Å². The summed E-state index contributed by atoms with van der Waals surface area (Å²) in [4.78, 5) is 43.8. The minimum absolute atomic E-state index is 0.0370. The molecule has 2 heterocycles. The summed E-state index contributed by atoms with van der Waals surface area (Å²) in [5, 5.41) is 3.25. The molecule has 1 N–H and O–H groups in total. The first-order chi connectivity index (χ1) is 12.2. The topological polar surface area (TPSA) is 88.6 Å². The van der Waals surface area contributed by atoms with Gasteiger partial charge in [0.2, 0.25) is 11.8 Å². The fraction of sp³-hybridized carbons (Fsp3) is 0.667. The lowest BCUT2D eigenvalue weighted by Crippen LogP contribution is -2.38. The second kappa shape index (κ2) is 7.08. The molecule has 0 radical (unpaired) electrons. The van der Waals surface area contributed by atoms with Gasteiger partial charge in [-0.2, -0.15) is 0 Å². The average Bonchev–Trinajstić information content (AvgIpc) is 3.10. The summed E-state index contributed by atoms with van der Waals surface area (Å²) in [6.07, 6.45) is 1.42. The number of anilines is 1. The van der Waals surface area contributed by atoms with Crippen molar-refractivity contribution in [2.45, 2.75) is 46.1 Å². The third-order valence-corrected chi connectivity index (χ3v) is 5.99. The number of ether oxygens (including phenoxy) is 1. The van der Waals surface area contributed by atoms with E-state index in [1.54, 1.807) is 12.0 Å². The number of Topliss-reactive ketones (excluding diaryl/α,β-unsaturated/α-hetero) is 1. The van der Waals surface area contributed by atoms with Gasteiger partial charge in [0.15, 0.2) is 10.9 Å². The number of thiazole rings is 1. The molecule has 1 aliphatic carbocycles. The van der Waals surface area contributed by atoms with Crippen LogP contribution in [0.2, 0.25) is 0 Å². The molecule has 0 saturated carbocycles. The van der Waals surface area contributed by atoms with Crippen LogP contribution in [0.5, 0.6) is 0 Å². The van der Waals surface area contributed by atoms with Crippen LogP contribution in [0.3, 0.4) is 0 Å². The van der Waals surface area contributed by atoms with Crippen LogP contribution in [0.15, 0.2) is 0 Å². The Morgan fingerprint density at radius 2 is 2.15 bits per heavy atom. The predicted molar refractivity (Wildman–Crippen MR) is 98.3 cm³/mol. The number of methoxy groups -OCH3 is 1. The first kappa shape index (κ1) is 19.0. The van der Waals surface area contributed by atoms with E-state index < -0.39 is 5.92 Å². The summed E-state index contributed by atoms with van der Waals surface area (Å²) < 4.78 is 5.09. The lowest BCUT2D eigenvalue weighted by atomic mass is 9.78. The van der Waals surface area contributed by atoms with E-state index in [4.69, 9.17) is 4.74 Å². The number of rotatable bonds is 5. The quantitative estimate of drug-likeness (QED) is 0.846. The molecule has 1 fully saturated rings. The largest absolute Gasteiger partial charge is 0.383 e. The van der Waals surface area contributed by atoms with Gasteiger partial charge >= 0.3 is 0 Å². The summed E-state index contributed by atoms with van der Waals surface area (Å²) in [6.45, 7) is 6.82. The van der Waals surface area contributed by atoms with E-state index in [-0.39, 0.29) is 35.5 Å². The van der Waals surface area contributed by atoms with Crippen molar-refractivity contribution in [2.75, 3.05) is 25.6 Å². The second-order valence-electron chi connectivity index (χ2n) is 7.98. The molecular formula is C18H25N3O4S. The van der Waals surface area contributed by atoms with Gasteiger partial charge in [0, 0.05) is 26.5 Å². The minimum Gasteiger partial charge on any atom is -0.383 e. The monoisotopic (exact) mass is 379 g/mol. The van der Waals surface area contributed by atoms with Crippen molar-refractivity contribution in [1.82, 2.24) is 9.88 Å². The van der Waals surface area contributed by atoms with Crippen LogP contribution in [0.4, 0.5) is 5.13 Å². The summed E-state index contributed by atoms with van der Waals surface area (Å²) in [7, 11) is 1.59. The number of aromatic nitrogens is 1. The zero-order valence-electron chi connectivity index (χ0n) is 15.6. The van der Waals surface area contributed by atoms with Crippen LogP contribution in [0, 0.1) is 11.3 Å². The van der Waals surface area contributed by atoms with Crippen LogP contribution in [0.1, 0.15) is 49.0 Å². The highest BCUT2D eigenvalue weighted by Crippen LogP contribution is 2.38. The average molecular weight is 379 g/mol. The summed E-state index contributed by atoms with van der Waals surface area (Å²) >= 11 is 1.24. The lowest BCUT2D eigenvalue weighted by molar-refractivity contribution is -0.130. The second-order valence-corrected chi connectivity index (χ2v) is 8.98. The summed E-state index contributed by atoms with van der Waals surface area (Å²) in [5.74, 6) is -0.576. The Morgan fingerprint density at radius 3 is 2.85 bits per heavy atom. The number of nitrogens with one attached hydrogen (secondary N) is 1. The van der Waals surface area contributed by atoms with Gasteiger partial charge in [-0.1, -0.05) is 25.2 Å². The molecule has 2 amide bonds. The van der Waals surface area contributed by atoms with E-state index in [0.29, 0.717) is 29.6 Å². The Kier molecular flexibility index (Phi) is 5.16. The molecule has 0 aromatic carbocycles. The van der Waals surface area contributed by atoms with Crippen molar-refractivity contribution in [1.29, 1.82) is 0 Å². The Bertz CT molecular complexity index is 743. The number of fused-ring (bicyclic) bond motifs is 1. The first-order valence-electron chi connectivity index (χ1n) is 8.82. The van der Waals surface area contributed by atoms with E-state index in [1.807, 2.05) is 20.8 Å². The van der Waals surface area contributed by atoms with E-state index in [9.17, 15) is 14.4 Å². The van der Waals surface area contributed by atoms with Gasteiger partial charge in [-0.05, 0) is 18.8 Å². The number of ketones is 1. The molecule has 2 atom stereocenters. The number of hydrogen-bond donors (Lipinski definition) is 1. The number of carbonyl (C=O) groups is 3. The molecule has 1 aliphatic heterocycles. The zero-order valence-corrected chi connectivity index (χ0v) is 16.4. The van der Waals surface area contributed by atoms with E-state index >= 15 is 0 Å². The standard InChI is InChI=1S/C18H25N3O4S/c1-10(9-25-4)21-8-11(5-14(21)23)16(24)20-17-19-12-6-18(2,3)7-13(22)15(12)26-17/h10-11H,5-9H2,1-4H3,(H,19,20,24)/t10-,11+/m1/s1. The van der Waals surface area contributed by atoms with Gasteiger partial charge in [0.1, 0.15) is 0 Å². The zero-order chi connectivity index (χ0) is 19.1. The van der Waals surface area contributed by atoms with Crippen molar-refractivity contribution in [3.8, 4) is 0 Å². The van der Waals surface area contributed by atoms with Gasteiger partial charge in [-0.3, -0.25) is 14.4 Å². The first-order valence-corrected chi connectivity index (χ1v) is 9.64. The van der Waals surface area contributed by atoms with Crippen LogP contribution in [-0.4, -0.2) is 53.8 Å². The molecule has 7 nitrogen and oxygen atoms in total. The Labute approximate surface area is 157 Å². The highest BCUT2D eigenvalue weighted by atomic mass is 32.1. The van der Waals surface area contributed by atoms with E-state index in [2.05, 4.69) is 10.3 Å². The van der Waals surface area contributed by atoms with Crippen LogP contribution in [0.25, 0.3) is 0 Å². The molecule has 142 valence electrons. The maximum atomic E-state index is 12.6. The number of amides is 2. The van der Waals surface area contributed by atoms with Gasteiger partial charge in [0.25, 0.3) is 0 Å². The molecule has 3 rings (SSSR count). The SMILES string of the molecule is COC[C@@H](C)N1C[C@@H](C(=O)Nc2nc3c(s2)C(=O)CC(C)(C)C3)CC1=O. The third-order valence-electron chi connectivity index (χ3n) is 4.94. The molecule has 2 aliphatic rings. The molecule has 26 heavy (non-hydrogen) atoms. The maximum Gasteiger partial charge on any atom is 0.231 e. The van der Waals surface area contributed by atoms with Crippen molar-refractivity contribution < 1.29 is 19.1 Å². The number of carbonyl (C=O) groups excluding carboxylic acids is 3. The number of nitrogens with zero attached hydrogens (tertiary/aromatic N) is 2. The van der Waals surface area contributed by atoms with Crippen molar-refractivity contribution in [2.24, 2.45) is 11.3 Å². The fourth-order valence-electron chi connectivity index (χ4n) is 3.65. The van der Waals surface area contributed by atoms with Gasteiger partial charge in [0.05, 0.1) is 29.1 Å². The van der Waals surface area contributed by atoms with Crippen molar-refractivity contribution in [3.63, 3.8) is 0 Å². The Balaban J connectivity index is 1.66. The maximum absolute atomic E-state index is 12.6. The molecular weight excluding hydrogens is 354 g/mol. The van der Waals surface area contributed by atoms with Crippen molar-refractivity contribution in [3.05, 3.63) is 10.6 Å². The number of hydrogen-bond acceptors (Lipinski definition) is 6. The smallest absolute Gasteiger partial charge is 0.231 e. The predicted octanol–water partition coefficient (Wildman–Crippen LogP) is 2.12. The minimum atomic E-state index is -0.408. The molecule has 0 unspecified atom stereocenters. The van der Waals surface area contributed by atoms with Gasteiger partial charge in [-0.25, -0.2) is 4.98 Å². The Morgan fingerprint density at radius 1 is 1.42 bits per heavy atom. The Hall–Kier alpha value is -1.80. The highest BCUT2D eigenvalue weighted by molar-refractivity contribution is 7.17. The molecule has 1 aromatic heterocycles. The van der Waals surface area contributed by atoms with Gasteiger partial charge < -0.3 is 15.0 Å². The molecule has 0 bridgehead atoms. The van der Waals surface area contributed by atoms with Gasteiger partial charge in [-0.15, -0.1) is 0 Å². The molecule has 0 spiro atoms. The van der Waals surface area contributed by atoms with E-state index in [0.717, 1.165) is 12.1 Å². The number of likely N-dealkylation sites (tertiary alicyclic amines) is 1. The molecule has 1 saturated heterocycles. The lowest BCUT2D eigenvalue weighted by Gasteiger charge is -2.26. The van der Waals surface area contributed by atoms with E-state index in [1.165, 1.54) is 11.3 Å². The highest BCUT2D eigenvalue weighted by Gasteiger charge is 2.38. The summed E-state index contributed by atoms with van der Waals surface area (Å²) in [6, 6.07) is -0.0580. The third kappa shape index (κ3) is 3.81. The molecule has 8 heteroatoms.